The second-order valence-electron chi connectivity index (χ2n) is 13.1. The molecule has 1 spiro atoms. The molecule has 0 radical (unpaired) electrons. The van der Waals surface area contributed by atoms with Crippen molar-refractivity contribution in [1.82, 2.24) is 4.72 Å². The minimum absolute atomic E-state index is 0.0129. The second kappa shape index (κ2) is 12.2. The third-order valence-corrected chi connectivity index (χ3v) is 11.3. The standard InChI is InChI=1S/C33H39ClN2O8S/c1-32(2)31(39)35-45(40,41)24-9-12-29-27(16-24)36(17-22-7-10-25(22)28(6-4-14-44-32)42-18-30(37)38)19-33(20-43-29)13-3-5-21-15-23(34)8-11-26(21)33/h4,6,8-9,11-12,15-16,22,25,28H,3,5,7,10,13-14,17-20H2,1-2H3,(H,35,39)(H,37,38)/b6-4-/t22-,25+,28-,33-/m0/s1. The van der Waals surface area contributed by atoms with E-state index in [-0.39, 0.29) is 28.8 Å². The van der Waals surface area contributed by atoms with Crippen LogP contribution in [0.25, 0.3) is 0 Å². The van der Waals surface area contributed by atoms with Gasteiger partial charge < -0.3 is 24.2 Å². The lowest BCUT2D eigenvalue weighted by Crippen LogP contribution is -2.50. The highest BCUT2D eigenvalue weighted by atomic mass is 35.5. The number of nitrogens with one attached hydrogen (secondary N) is 1. The van der Waals surface area contributed by atoms with Crippen LogP contribution in [0.3, 0.4) is 0 Å². The predicted molar refractivity (Wildman–Crippen MR) is 168 cm³/mol. The summed E-state index contributed by atoms with van der Waals surface area (Å²) in [6.07, 6.45) is 7.59. The molecule has 1 saturated carbocycles. The van der Waals surface area contributed by atoms with Crippen molar-refractivity contribution in [3.63, 3.8) is 0 Å². The van der Waals surface area contributed by atoms with E-state index < -0.39 is 40.2 Å². The summed E-state index contributed by atoms with van der Waals surface area (Å²) in [5.74, 6) is -1.10. The minimum atomic E-state index is -4.23. The van der Waals surface area contributed by atoms with Gasteiger partial charge in [-0.15, -0.1) is 0 Å². The molecule has 0 aromatic heterocycles. The molecule has 2 N–H and O–H groups in total. The van der Waals surface area contributed by atoms with Crippen molar-refractivity contribution in [1.29, 1.82) is 0 Å². The monoisotopic (exact) mass is 658 g/mol. The first-order valence-corrected chi connectivity index (χ1v) is 17.2. The molecule has 45 heavy (non-hydrogen) atoms. The summed E-state index contributed by atoms with van der Waals surface area (Å²) in [4.78, 5) is 26.7. The van der Waals surface area contributed by atoms with Crippen molar-refractivity contribution in [2.24, 2.45) is 11.8 Å². The van der Waals surface area contributed by atoms with E-state index in [4.69, 9.17) is 25.8 Å². The van der Waals surface area contributed by atoms with Gasteiger partial charge in [-0.2, -0.15) is 0 Å². The summed E-state index contributed by atoms with van der Waals surface area (Å²) in [7, 11) is -4.23. The lowest BCUT2D eigenvalue weighted by atomic mass is 9.68. The molecule has 2 aromatic rings. The number of nitrogens with zero attached hydrogens (tertiary/aromatic N) is 1. The van der Waals surface area contributed by atoms with Gasteiger partial charge in [0.1, 0.15) is 18.0 Å². The van der Waals surface area contributed by atoms with Gasteiger partial charge in [0.05, 0.1) is 29.9 Å². The molecule has 0 saturated heterocycles. The highest BCUT2D eigenvalue weighted by molar-refractivity contribution is 7.90. The number of hydrogen-bond donors (Lipinski definition) is 2. The number of halogens is 1. The molecule has 2 aliphatic carbocycles. The molecule has 2 bridgehead atoms. The number of carbonyl (C=O) groups is 2. The molecule has 1 fully saturated rings. The topological polar surface area (TPSA) is 131 Å². The number of hydrogen-bond acceptors (Lipinski definition) is 8. The van der Waals surface area contributed by atoms with Gasteiger partial charge in [-0.3, -0.25) is 4.79 Å². The first kappa shape index (κ1) is 31.8. The Bertz CT molecular complexity index is 1630. The van der Waals surface area contributed by atoms with E-state index in [1.54, 1.807) is 24.3 Å². The molecule has 10 nitrogen and oxygen atoms in total. The van der Waals surface area contributed by atoms with Crippen molar-refractivity contribution < 1.29 is 37.3 Å². The summed E-state index contributed by atoms with van der Waals surface area (Å²) in [6.45, 7) is 4.17. The summed E-state index contributed by atoms with van der Waals surface area (Å²) < 4.78 is 47.3. The van der Waals surface area contributed by atoms with Crippen LogP contribution in [-0.4, -0.2) is 70.0 Å². The average molecular weight is 659 g/mol. The Hall–Kier alpha value is -3.12. The fourth-order valence-corrected chi connectivity index (χ4v) is 8.42. The Kier molecular flexibility index (Phi) is 8.66. The van der Waals surface area contributed by atoms with Crippen molar-refractivity contribution in [2.45, 2.75) is 68.0 Å². The van der Waals surface area contributed by atoms with Crippen LogP contribution in [0.4, 0.5) is 5.69 Å². The van der Waals surface area contributed by atoms with Crippen LogP contribution in [-0.2, 0) is 40.9 Å². The first-order valence-electron chi connectivity index (χ1n) is 15.4. The Labute approximate surface area is 268 Å². The van der Waals surface area contributed by atoms with Gasteiger partial charge in [0.15, 0.2) is 0 Å². The molecule has 4 aliphatic rings. The summed E-state index contributed by atoms with van der Waals surface area (Å²) >= 11 is 6.39. The zero-order valence-corrected chi connectivity index (χ0v) is 27.0. The highest BCUT2D eigenvalue weighted by Gasteiger charge is 2.45. The number of aliphatic carboxylic acids is 1. The van der Waals surface area contributed by atoms with Crippen LogP contribution in [0.15, 0.2) is 53.4 Å². The van der Waals surface area contributed by atoms with Crippen molar-refractivity contribution in [2.75, 3.05) is 37.8 Å². The number of sulfonamides is 1. The quantitative estimate of drug-likeness (QED) is 0.459. The maximum Gasteiger partial charge on any atom is 0.329 e. The average Bonchev–Trinajstić information content (AvgIpc) is 3.12. The van der Waals surface area contributed by atoms with E-state index in [0.29, 0.717) is 36.2 Å². The van der Waals surface area contributed by atoms with E-state index in [1.807, 2.05) is 12.1 Å². The number of anilines is 1. The number of ether oxygens (including phenoxy) is 3. The number of aryl methyl sites for hydroxylation is 1. The van der Waals surface area contributed by atoms with Gasteiger partial charge in [-0.1, -0.05) is 29.8 Å². The number of fused-ring (bicyclic) bond motifs is 4. The Morgan fingerprint density at radius 2 is 2.02 bits per heavy atom. The maximum atomic E-state index is 13.5. The lowest BCUT2D eigenvalue weighted by molar-refractivity contribution is -0.145. The molecular weight excluding hydrogens is 620 g/mol. The Balaban J connectivity index is 1.43. The molecule has 1 amide bonds. The number of benzene rings is 2. The van der Waals surface area contributed by atoms with Crippen LogP contribution in [0.2, 0.25) is 5.02 Å². The third kappa shape index (κ3) is 6.45. The van der Waals surface area contributed by atoms with Gasteiger partial charge in [-0.05, 0) is 99.2 Å². The number of carboxylic acid groups (broad SMARTS) is 1. The lowest BCUT2D eigenvalue weighted by Gasteiger charge is -2.46. The van der Waals surface area contributed by atoms with Crippen LogP contribution in [0, 0.1) is 11.8 Å². The van der Waals surface area contributed by atoms with Crippen LogP contribution in [0.1, 0.15) is 50.7 Å². The fourth-order valence-electron chi connectivity index (χ4n) is 7.10. The summed E-state index contributed by atoms with van der Waals surface area (Å²) in [5, 5.41) is 10.0. The predicted octanol–water partition coefficient (Wildman–Crippen LogP) is 4.48. The number of carboxylic acids is 1. The van der Waals surface area contributed by atoms with Gasteiger partial charge in [-0.25, -0.2) is 17.9 Å². The first-order chi connectivity index (χ1) is 21.4. The van der Waals surface area contributed by atoms with E-state index in [0.717, 1.165) is 32.1 Å². The number of amides is 1. The second-order valence-corrected chi connectivity index (χ2v) is 15.2. The van der Waals surface area contributed by atoms with E-state index >= 15 is 0 Å². The molecule has 2 aliphatic heterocycles. The zero-order chi connectivity index (χ0) is 32.0. The van der Waals surface area contributed by atoms with Crippen LogP contribution < -0.4 is 14.4 Å². The molecule has 0 unspecified atom stereocenters. The molecule has 6 rings (SSSR count). The zero-order valence-electron chi connectivity index (χ0n) is 25.5. The molecule has 4 atom stereocenters. The molecule has 12 heteroatoms. The fraction of sp³-hybridized carbons (Fsp3) is 0.515. The van der Waals surface area contributed by atoms with Crippen molar-refractivity contribution in [3.05, 3.63) is 64.7 Å². The SMILES string of the molecule is CC1(C)OC/C=C\[C@H](OCC(=O)O)[C@@H]2CC[C@H]2CN2C[C@@]3(CCCc4cc(Cl)ccc43)COc3ccc(cc32)S(=O)(=O)NC1=O. The van der Waals surface area contributed by atoms with E-state index in [9.17, 15) is 23.1 Å². The largest absolute Gasteiger partial charge is 0.490 e. The minimum Gasteiger partial charge on any atom is -0.490 e. The van der Waals surface area contributed by atoms with Crippen LogP contribution >= 0.6 is 11.6 Å². The normalized spacial score (nSPS) is 29.6. The molecule has 2 aromatic carbocycles. The van der Waals surface area contributed by atoms with Gasteiger partial charge in [0.25, 0.3) is 15.9 Å². The number of rotatable bonds is 3. The number of carbonyl (C=O) groups excluding carboxylic acids is 1. The highest BCUT2D eigenvalue weighted by Crippen LogP contribution is 2.47. The molecule has 2 heterocycles. The van der Waals surface area contributed by atoms with E-state index in [1.165, 1.54) is 31.0 Å². The third-order valence-electron chi connectivity index (χ3n) is 9.71. The molecular formula is C33H39ClN2O8S. The summed E-state index contributed by atoms with van der Waals surface area (Å²) in [5.41, 5.74) is 1.20. The van der Waals surface area contributed by atoms with Crippen LogP contribution in [0.5, 0.6) is 5.75 Å². The van der Waals surface area contributed by atoms with Crippen molar-refractivity contribution >= 4 is 39.2 Å². The molecule has 242 valence electrons. The van der Waals surface area contributed by atoms with Crippen molar-refractivity contribution in [3.8, 4) is 5.75 Å². The maximum absolute atomic E-state index is 13.5. The van der Waals surface area contributed by atoms with Gasteiger partial charge in [0.2, 0.25) is 0 Å². The van der Waals surface area contributed by atoms with E-state index in [2.05, 4.69) is 15.7 Å². The Morgan fingerprint density at radius 1 is 1.20 bits per heavy atom. The smallest absolute Gasteiger partial charge is 0.329 e. The van der Waals surface area contributed by atoms with Gasteiger partial charge in [0, 0.05) is 23.5 Å². The Morgan fingerprint density at radius 3 is 2.78 bits per heavy atom. The summed E-state index contributed by atoms with van der Waals surface area (Å²) in [6, 6.07) is 10.7. The van der Waals surface area contributed by atoms with Gasteiger partial charge >= 0.3 is 5.97 Å².